The van der Waals surface area contributed by atoms with E-state index in [-0.39, 0.29) is 11.9 Å². The third-order valence-electron chi connectivity index (χ3n) is 6.71. The maximum absolute atomic E-state index is 15.2. The number of anilines is 1. The Morgan fingerprint density at radius 3 is 2.58 bits per heavy atom. The summed E-state index contributed by atoms with van der Waals surface area (Å²) in [5.74, 6) is -1.12. The highest BCUT2D eigenvalue weighted by Crippen LogP contribution is 2.36. The van der Waals surface area contributed by atoms with E-state index in [0.29, 0.717) is 43.9 Å². The molecule has 0 spiro atoms. The van der Waals surface area contributed by atoms with Crippen molar-refractivity contribution >= 4 is 11.7 Å². The van der Waals surface area contributed by atoms with E-state index in [4.69, 9.17) is 14.2 Å². The van der Waals surface area contributed by atoms with Crippen LogP contribution in [0.2, 0.25) is 0 Å². The van der Waals surface area contributed by atoms with Gasteiger partial charge in [0.05, 0.1) is 19.8 Å². The molecule has 2 N–H and O–H groups in total. The molecular weight excluding hydrogens is 425 g/mol. The topological polar surface area (TPSA) is 77.0 Å². The lowest BCUT2D eigenvalue weighted by atomic mass is 9.89. The summed E-state index contributed by atoms with van der Waals surface area (Å²) in [7, 11) is 1.46. The molecule has 2 fully saturated rings. The van der Waals surface area contributed by atoms with Crippen molar-refractivity contribution in [2.75, 3.05) is 25.6 Å². The van der Waals surface area contributed by atoms with Crippen LogP contribution in [-0.2, 0) is 20.9 Å². The van der Waals surface area contributed by atoms with E-state index in [1.807, 2.05) is 25.1 Å². The average Bonchev–Trinajstić information content (AvgIpc) is 3.33. The molecule has 33 heavy (non-hydrogen) atoms. The molecule has 6 nitrogen and oxygen atoms in total. The quantitative estimate of drug-likeness (QED) is 0.559. The van der Waals surface area contributed by atoms with E-state index in [1.165, 1.54) is 7.11 Å². The van der Waals surface area contributed by atoms with E-state index >= 15 is 4.39 Å². The molecule has 1 heterocycles. The minimum absolute atomic E-state index is 0.196. The highest BCUT2D eigenvalue weighted by Gasteiger charge is 2.40. The van der Waals surface area contributed by atoms with Gasteiger partial charge in [-0.2, -0.15) is 0 Å². The number of benzene rings is 2. The van der Waals surface area contributed by atoms with Gasteiger partial charge in [0.25, 0.3) is 0 Å². The van der Waals surface area contributed by atoms with E-state index in [1.54, 1.807) is 12.1 Å². The zero-order valence-electron chi connectivity index (χ0n) is 19.3. The van der Waals surface area contributed by atoms with Crippen molar-refractivity contribution in [2.24, 2.45) is 0 Å². The molecule has 1 aliphatic heterocycles. The zero-order chi connectivity index (χ0) is 23.4. The van der Waals surface area contributed by atoms with Crippen LogP contribution >= 0.6 is 0 Å². The van der Waals surface area contributed by atoms with Gasteiger partial charge >= 0.3 is 5.97 Å². The monoisotopic (exact) mass is 457 g/mol. The molecule has 1 aliphatic carbocycles. The first-order valence-corrected chi connectivity index (χ1v) is 11.6. The molecule has 0 atom stereocenters. The molecule has 1 saturated carbocycles. The highest BCUT2D eigenvalue weighted by molar-refractivity contribution is 5.83. The van der Waals surface area contributed by atoms with E-state index in [2.05, 4.69) is 5.32 Å². The van der Waals surface area contributed by atoms with Crippen molar-refractivity contribution in [3.63, 3.8) is 0 Å². The van der Waals surface area contributed by atoms with Gasteiger partial charge < -0.3 is 24.6 Å². The molecule has 1 saturated heterocycles. The molecular formula is C26H32FNO5. The van der Waals surface area contributed by atoms with Crippen molar-refractivity contribution in [1.29, 1.82) is 0 Å². The Bertz CT molecular complexity index is 996. The summed E-state index contributed by atoms with van der Waals surface area (Å²) < 4.78 is 32.0. The van der Waals surface area contributed by atoms with Gasteiger partial charge in [-0.1, -0.05) is 18.9 Å². The Labute approximate surface area is 194 Å². The van der Waals surface area contributed by atoms with Gasteiger partial charge in [-0.05, 0) is 60.7 Å². The van der Waals surface area contributed by atoms with Crippen molar-refractivity contribution in [1.82, 2.24) is 0 Å². The Kier molecular flexibility index (Phi) is 7.20. The summed E-state index contributed by atoms with van der Waals surface area (Å²) in [6.45, 7) is 3.01. The van der Waals surface area contributed by atoms with Gasteiger partial charge in [-0.25, -0.2) is 9.18 Å². The van der Waals surface area contributed by atoms with E-state index in [0.717, 1.165) is 42.4 Å². The molecule has 0 bridgehead atoms. The second-order valence-electron chi connectivity index (χ2n) is 9.04. The maximum atomic E-state index is 15.2. The number of halogens is 1. The van der Waals surface area contributed by atoms with Gasteiger partial charge in [0, 0.05) is 37.3 Å². The van der Waals surface area contributed by atoms with Crippen LogP contribution in [0.25, 0.3) is 11.1 Å². The average molecular weight is 458 g/mol. The number of hydrogen-bond donors (Lipinski definition) is 2. The predicted octanol–water partition coefficient (Wildman–Crippen LogP) is 5.31. The molecule has 0 amide bonds. The second-order valence-corrected chi connectivity index (χ2v) is 9.04. The number of ether oxygens (including phenoxy) is 3. The van der Waals surface area contributed by atoms with Crippen LogP contribution in [0.3, 0.4) is 0 Å². The van der Waals surface area contributed by atoms with Gasteiger partial charge in [-0.3, -0.25) is 0 Å². The number of rotatable bonds is 8. The first kappa shape index (κ1) is 23.5. The number of carbonyl (C=O) groups is 1. The lowest BCUT2D eigenvalue weighted by molar-refractivity contribution is -0.145. The van der Waals surface area contributed by atoms with Crippen LogP contribution < -0.4 is 10.1 Å². The van der Waals surface area contributed by atoms with Crippen molar-refractivity contribution in [3.8, 4) is 16.9 Å². The van der Waals surface area contributed by atoms with Crippen LogP contribution in [-0.4, -0.2) is 43.0 Å². The van der Waals surface area contributed by atoms with Crippen molar-refractivity contribution < 1.29 is 28.5 Å². The standard InChI is InChI=1S/C26H32FNO5/c1-17-13-22(24(27)23(14-17)31-2)21-8-7-19(15-18(21)16-33-20-5-3-4-6-20)28-26(25(29)30)9-11-32-12-10-26/h7-8,13-15,20,28H,3-6,9-12,16H2,1-2H3,(H,29,30). The maximum Gasteiger partial charge on any atom is 0.329 e. The van der Waals surface area contributed by atoms with Crippen molar-refractivity contribution in [2.45, 2.75) is 63.7 Å². The first-order valence-electron chi connectivity index (χ1n) is 11.6. The third-order valence-corrected chi connectivity index (χ3v) is 6.71. The molecule has 178 valence electrons. The summed E-state index contributed by atoms with van der Waals surface area (Å²) in [5, 5.41) is 13.2. The summed E-state index contributed by atoms with van der Waals surface area (Å²) in [4.78, 5) is 12.1. The minimum atomic E-state index is -1.08. The number of aryl methyl sites for hydroxylation is 1. The van der Waals surface area contributed by atoms with Crippen LogP contribution in [0.1, 0.15) is 49.7 Å². The molecule has 0 unspecified atom stereocenters. The lowest BCUT2D eigenvalue weighted by Crippen LogP contribution is -2.50. The largest absolute Gasteiger partial charge is 0.494 e. The summed E-state index contributed by atoms with van der Waals surface area (Å²) in [5.41, 5.74) is 2.46. The van der Waals surface area contributed by atoms with E-state index in [9.17, 15) is 9.90 Å². The predicted molar refractivity (Wildman–Crippen MR) is 124 cm³/mol. The molecule has 0 aromatic heterocycles. The van der Waals surface area contributed by atoms with Crippen LogP contribution in [0.15, 0.2) is 30.3 Å². The minimum Gasteiger partial charge on any atom is -0.494 e. The van der Waals surface area contributed by atoms with Crippen molar-refractivity contribution in [3.05, 3.63) is 47.3 Å². The fourth-order valence-corrected chi connectivity index (χ4v) is 4.78. The number of aliphatic carboxylic acids is 1. The molecule has 0 radical (unpaired) electrons. The Morgan fingerprint density at radius 2 is 1.91 bits per heavy atom. The van der Waals surface area contributed by atoms with Gasteiger partial charge in [0.1, 0.15) is 5.54 Å². The fraction of sp³-hybridized carbons (Fsp3) is 0.500. The second kappa shape index (κ2) is 10.1. The van der Waals surface area contributed by atoms with Gasteiger partial charge in [0.2, 0.25) is 0 Å². The summed E-state index contributed by atoms with van der Waals surface area (Å²) >= 11 is 0. The normalized spacial score (nSPS) is 18.3. The molecule has 2 aliphatic rings. The number of carboxylic acids is 1. The zero-order valence-corrected chi connectivity index (χ0v) is 19.3. The smallest absolute Gasteiger partial charge is 0.329 e. The number of nitrogens with one attached hydrogen (secondary N) is 1. The summed E-state index contributed by atoms with van der Waals surface area (Å²) in [6.07, 6.45) is 5.33. The van der Waals surface area contributed by atoms with Crippen LogP contribution in [0.5, 0.6) is 5.75 Å². The molecule has 7 heteroatoms. The molecule has 4 rings (SSSR count). The van der Waals surface area contributed by atoms with Crippen LogP contribution in [0.4, 0.5) is 10.1 Å². The van der Waals surface area contributed by atoms with Gasteiger partial charge in [-0.15, -0.1) is 0 Å². The van der Waals surface area contributed by atoms with E-state index < -0.39 is 17.3 Å². The third kappa shape index (κ3) is 5.14. The Morgan fingerprint density at radius 1 is 1.18 bits per heavy atom. The molecule has 2 aromatic carbocycles. The summed E-state index contributed by atoms with van der Waals surface area (Å²) in [6, 6.07) is 9.01. The number of hydrogen-bond acceptors (Lipinski definition) is 5. The van der Waals surface area contributed by atoms with Gasteiger partial charge in [0.15, 0.2) is 11.6 Å². The SMILES string of the molecule is COc1cc(C)cc(-c2ccc(NC3(C(=O)O)CCOCC3)cc2COC2CCCC2)c1F. The van der Waals surface area contributed by atoms with Crippen LogP contribution in [0, 0.1) is 12.7 Å². The highest BCUT2D eigenvalue weighted by atomic mass is 19.1. The fourth-order valence-electron chi connectivity index (χ4n) is 4.78. The Balaban J connectivity index is 1.70. The number of methoxy groups -OCH3 is 1. The molecule has 2 aromatic rings. The number of carboxylic acid groups (broad SMARTS) is 1. The lowest BCUT2D eigenvalue weighted by Gasteiger charge is -2.35. The Hall–Kier alpha value is -2.64. The first-order chi connectivity index (χ1) is 15.9.